The summed E-state index contributed by atoms with van der Waals surface area (Å²) < 4.78 is 11.6. The van der Waals surface area contributed by atoms with Gasteiger partial charge in [0.05, 0.1) is 17.3 Å². The highest BCUT2D eigenvalue weighted by Gasteiger charge is 2.56. The van der Waals surface area contributed by atoms with Gasteiger partial charge in [-0.1, -0.05) is 35.9 Å². The Morgan fingerprint density at radius 3 is 2.60 bits per heavy atom. The van der Waals surface area contributed by atoms with Gasteiger partial charge in [0.1, 0.15) is 23.9 Å². The average Bonchev–Trinajstić information content (AvgIpc) is 3.39. The van der Waals surface area contributed by atoms with Crippen LogP contribution in [0.4, 0.5) is 11.5 Å². The minimum atomic E-state index is -0.333. The van der Waals surface area contributed by atoms with Gasteiger partial charge in [0, 0.05) is 42.3 Å². The Bertz CT molecular complexity index is 1450. The van der Waals surface area contributed by atoms with E-state index in [1.165, 1.54) is 12.0 Å². The summed E-state index contributed by atoms with van der Waals surface area (Å²) in [6.07, 6.45) is 4.72. The molecule has 210 valence electrons. The standard InChI is InChI=1S/C31H36ClN5O3/c1-20-31(29(38)40-20)12-16-36(17-13-31)28-23-11-15-37(26-10-4-7-21-6-3-9-24(32)27(21)26)18-25(23)33-30(34-28)39-19-22-8-5-14-35(22)2/h3-4,6-7,9-10,20,22H,5,8,11-19H2,1-2H3/t20?,22-/m1/s1. The molecule has 0 amide bonds. The number of carbonyl (C=O) groups is 1. The van der Waals surface area contributed by atoms with E-state index in [0.29, 0.717) is 25.2 Å². The Hall–Kier alpha value is -3.10. The molecule has 0 radical (unpaired) electrons. The Morgan fingerprint density at radius 1 is 1.07 bits per heavy atom. The van der Waals surface area contributed by atoms with Crippen LogP contribution in [0.25, 0.3) is 10.8 Å². The molecule has 2 aromatic carbocycles. The Morgan fingerprint density at radius 2 is 1.88 bits per heavy atom. The summed E-state index contributed by atoms with van der Waals surface area (Å²) in [6.45, 7) is 6.77. The van der Waals surface area contributed by atoms with Crippen molar-refractivity contribution < 1.29 is 14.3 Å². The number of carbonyl (C=O) groups excluding carboxylic acids is 1. The first-order valence-electron chi connectivity index (χ1n) is 14.5. The first-order chi connectivity index (χ1) is 19.4. The third-order valence-electron chi connectivity index (χ3n) is 9.70. The number of ether oxygens (including phenoxy) is 2. The lowest BCUT2D eigenvalue weighted by atomic mass is 9.70. The van der Waals surface area contributed by atoms with Crippen molar-refractivity contribution in [3.63, 3.8) is 0 Å². The summed E-state index contributed by atoms with van der Waals surface area (Å²) in [4.78, 5) is 29.4. The number of nitrogens with zero attached hydrogens (tertiary/aromatic N) is 5. The molecule has 3 saturated heterocycles. The molecule has 0 saturated carbocycles. The van der Waals surface area contributed by atoms with Gasteiger partial charge in [0.2, 0.25) is 0 Å². The second kappa shape index (κ2) is 10.1. The molecule has 9 heteroatoms. The van der Waals surface area contributed by atoms with Crippen molar-refractivity contribution in [1.82, 2.24) is 14.9 Å². The third-order valence-corrected chi connectivity index (χ3v) is 10.0. The maximum atomic E-state index is 12.4. The largest absolute Gasteiger partial charge is 0.462 e. The van der Waals surface area contributed by atoms with Crippen molar-refractivity contribution in [2.24, 2.45) is 5.41 Å². The summed E-state index contributed by atoms with van der Waals surface area (Å²) in [5.74, 6) is 0.920. The molecule has 8 nitrogen and oxygen atoms in total. The number of hydrogen-bond donors (Lipinski definition) is 0. The third kappa shape index (κ3) is 4.27. The van der Waals surface area contributed by atoms with Gasteiger partial charge in [-0.3, -0.25) is 4.79 Å². The van der Waals surface area contributed by atoms with E-state index in [-0.39, 0.29) is 17.5 Å². The van der Waals surface area contributed by atoms with E-state index in [9.17, 15) is 4.79 Å². The molecule has 0 N–H and O–H groups in total. The van der Waals surface area contributed by atoms with Crippen molar-refractivity contribution >= 4 is 39.8 Å². The summed E-state index contributed by atoms with van der Waals surface area (Å²) >= 11 is 6.69. The summed E-state index contributed by atoms with van der Waals surface area (Å²) in [7, 11) is 2.16. The van der Waals surface area contributed by atoms with E-state index in [1.54, 1.807) is 0 Å². The number of fused-ring (bicyclic) bond motifs is 2. The fourth-order valence-corrected chi connectivity index (χ4v) is 7.33. The maximum absolute atomic E-state index is 12.4. The summed E-state index contributed by atoms with van der Waals surface area (Å²) in [5, 5.41) is 2.97. The number of likely N-dealkylation sites (tertiary alicyclic amines) is 1. The lowest BCUT2D eigenvalue weighted by Gasteiger charge is -2.50. The first kappa shape index (κ1) is 25.8. The molecule has 40 heavy (non-hydrogen) atoms. The van der Waals surface area contributed by atoms with Crippen molar-refractivity contribution in [3.05, 3.63) is 52.7 Å². The van der Waals surface area contributed by atoms with Gasteiger partial charge < -0.3 is 24.2 Å². The van der Waals surface area contributed by atoms with Gasteiger partial charge in [-0.05, 0) is 70.1 Å². The molecule has 3 fully saturated rings. The predicted octanol–water partition coefficient (Wildman–Crippen LogP) is 4.85. The first-order valence-corrected chi connectivity index (χ1v) is 14.9. The van der Waals surface area contributed by atoms with Crippen LogP contribution in [0.5, 0.6) is 6.01 Å². The van der Waals surface area contributed by atoms with Crippen LogP contribution in [0.3, 0.4) is 0 Å². The number of aromatic nitrogens is 2. The number of rotatable bonds is 5. The van der Waals surface area contributed by atoms with Crippen LogP contribution in [-0.2, 0) is 22.5 Å². The minimum Gasteiger partial charge on any atom is -0.462 e. The zero-order chi connectivity index (χ0) is 27.4. The number of likely N-dealkylation sites (N-methyl/N-ethyl adjacent to an activating group) is 1. The second-order valence-electron chi connectivity index (χ2n) is 11.8. The minimum absolute atomic E-state index is 0.00941. The van der Waals surface area contributed by atoms with Crippen molar-refractivity contribution in [2.75, 3.05) is 49.6 Å². The molecule has 1 spiro atoms. The molecule has 4 aliphatic rings. The maximum Gasteiger partial charge on any atom is 0.318 e. The molecule has 4 aliphatic heterocycles. The highest BCUT2D eigenvalue weighted by molar-refractivity contribution is 6.36. The molecule has 1 unspecified atom stereocenters. The highest BCUT2D eigenvalue weighted by Crippen LogP contribution is 2.46. The molecular formula is C31H36ClN5O3. The van der Waals surface area contributed by atoms with Crippen LogP contribution in [-0.4, -0.2) is 72.8 Å². The topological polar surface area (TPSA) is 71.0 Å². The van der Waals surface area contributed by atoms with Crippen LogP contribution in [0.2, 0.25) is 5.02 Å². The van der Waals surface area contributed by atoms with Crippen molar-refractivity contribution in [2.45, 2.75) is 57.7 Å². The fraction of sp³-hybridized carbons (Fsp3) is 0.516. The number of halogens is 1. The lowest BCUT2D eigenvalue weighted by molar-refractivity contribution is -0.207. The molecule has 1 aromatic heterocycles. The molecule has 7 rings (SSSR count). The van der Waals surface area contributed by atoms with Gasteiger partial charge in [0.25, 0.3) is 0 Å². The molecule has 0 bridgehead atoms. The summed E-state index contributed by atoms with van der Waals surface area (Å²) in [6, 6.07) is 13.3. The van der Waals surface area contributed by atoms with Gasteiger partial charge >= 0.3 is 12.0 Å². The average molecular weight is 562 g/mol. The number of anilines is 2. The van der Waals surface area contributed by atoms with E-state index in [0.717, 1.165) is 84.9 Å². The zero-order valence-electron chi connectivity index (χ0n) is 23.2. The van der Waals surface area contributed by atoms with Crippen LogP contribution < -0.4 is 14.5 Å². The van der Waals surface area contributed by atoms with E-state index >= 15 is 0 Å². The van der Waals surface area contributed by atoms with Gasteiger partial charge in [0.15, 0.2) is 0 Å². The van der Waals surface area contributed by atoms with E-state index in [1.807, 2.05) is 19.1 Å². The number of piperidine rings is 1. The monoisotopic (exact) mass is 561 g/mol. The molecular weight excluding hydrogens is 526 g/mol. The second-order valence-corrected chi connectivity index (χ2v) is 12.2. The van der Waals surface area contributed by atoms with E-state index < -0.39 is 0 Å². The quantitative estimate of drug-likeness (QED) is 0.409. The molecule has 0 aliphatic carbocycles. The van der Waals surface area contributed by atoms with Crippen LogP contribution in [0.1, 0.15) is 43.9 Å². The van der Waals surface area contributed by atoms with Crippen LogP contribution in [0.15, 0.2) is 36.4 Å². The summed E-state index contributed by atoms with van der Waals surface area (Å²) in [5.41, 5.74) is 2.99. The van der Waals surface area contributed by atoms with Gasteiger partial charge in [-0.15, -0.1) is 0 Å². The van der Waals surface area contributed by atoms with Gasteiger partial charge in [-0.25, -0.2) is 0 Å². The Labute approximate surface area is 240 Å². The number of hydrogen-bond acceptors (Lipinski definition) is 8. The molecule has 2 atom stereocenters. The lowest BCUT2D eigenvalue weighted by Crippen LogP contribution is -2.60. The van der Waals surface area contributed by atoms with E-state index in [4.69, 9.17) is 31.0 Å². The van der Waals surface area contributed by atoms with Crippen molar-refractivity contribution in [3.8, 4) is 6.01 Å². The van der Waals surface area contributed by atoms with E-state index in [2.05, 4.69) is 46.0 Å². The van der Waals surface area contributed by atoms with Gasteiger partial charge in [-0.2, -0.15) is 9.97 Å². The highest BCUT2D eigenvalue weighted by atomic mass is 35.5. The number of esters is 1. The SMILES string of the molecule is CC1OC(=O)C12CCN(c1nc(OC[C@H]3CCCN3C)nc3c1CCN(c1cccc4cccc(Cl)c14)C3)CC2. The normalized spacial score (nSPS) is 24.2. The molecule has 3 aromatic rings. The zero-order valence-corrected chi connectivity index (χ0v) is 24.0. The Kier molecular flexibility index (Phi) is 6.50. The van der Waals surface area contributed by atoms with Crippen molar-refractivity contribution in [1.29, 1.82) is 0 Å². The molecule has 5 heterocycles. The fourth-order valence-electron chi connectivity index (χ4n) is 7.05. The Balaban J connectivity index is 1.20. The van der Waals surface area contributed by atoms with Crippen LogP contribution >= 0.6 is 11.6 Å². The number of cyclic esters (lactones) is 1. The van der Waals surface area contributed by atoms with Crippen LogP contribution in [0, 0.1) is 5.41 Å². The smallest absolute Gasteiger partial charge is 0.318 e. The predicted molar refractivity (Wildman–Crippen MR) is 156 cm³/mol. The number of benzene rings is 2.